The minimum Gasteiger partial charge on any atom is -0.322 e. The third-order valence-corrected chi connectivity index (χ3v) is 5.12. The van der Waals surface area contributed by atoms with E-state index in [2.05, 4.69) is 28.7 Å². The van der Waals surface area contributed by atoms with Gasteiger partial charge in [-0.3, -0.25) is 5.32 Å². The van der Waals surface area contributed by atoms with Gasteiger partial charge in [0.25, 0.3) is 0 Å². The van der Waals surface area contributed by atoms with Crippen molar-refractivity contribution in [3.63, 3.8) is 0 Å². The molecule has 1 fully saturated rings. The number of nitrogens with zero attached hydrogens (tertiary/aromatic N) is 3. The number of nitriles is 1. The molecule has 0 saturated carbocycles. The molecule has 112 valence electrons. The van der Waals surface area contributed by atoms with Crippen molar-refractivity contribution in [2.24, 2.45) is 0 Å². The van der Waals surface area contributed by atoms with Crippen molar-refractivity contribution in [3.8, 4) is 6.07 Å². The first-order chi connectivity index (χ1) is 10.2. The van der Waals surface area contributed by atoms with Crippen LogP contribution in [0, 0.1) is 11.3 Å². The van der Waals surface area contributed by atoms with Crippen LogP contribution in [-0.2, 0) is 13.0 Å². The number of likely N-dealkylation sites (N-methyl/N-ethyl adjacent to an activating group) is 1. The number of carbonyl (C=O) groups excluding carboxylic acids is 1. The highest BCUT2D eigenvalue weighted by Crippen LogP contribution is 2.36. The van der Waals surface area contributed by atoms with Gasteiger partial charge in [0.05, 0.1) is 5.56 Å². The van der Waals surface area contributed by atoms with Crippen LogP contribution in [-0.4, -0.2) is 55.6 Å². The number of thiophene rings is 1. The zero-order chi connectivity index (χ0) is 14.8. The molecule has 2 N–H and O–H groups in total. The fraction of sp³-hybridized carbons (Fsp3) is 0.571. The van der Waals surface area contributed by atoms with Gasteiger partial charge in [0, 0.05) is 44.1 Å². The predicted molar refractivity (Wildman–Crippen MR) is 82.5 cm³/mol. The maximum absolute atomic E-state index is 12.3. The van der Waals surface area contributed by atoms with E-state index in [9.17, 15) is 10.1 Å². The lowest BCUT2D eigenvalue weighted by atomic mass is 10.0. The standard InChI is InChI=1S/C14H19N5OS/c1-18-5-2-10-11(8-15)13(21-12(10)9-18)17-14(20)19-6-3-16-4-7-19/h16H,2-7,9H2,1H3,(H,17,20). The summed E-state index contributed by atoms with van der Waals surface area (Å²) in [6.45, 7) is 4.89. The maximum atomic E-state index is 12.3. The van der Waals surface area contributed by atoms with Crippen LogP contribution in [0.5, 0.6) is 0 Å². The molecule has 0 atom stereocenters. The molecule has 0 radical (unpaired) electrons. The molecule has 3 heterocycles. The highest BCUT2D eigenvalue weighted by atomic mass is 32.1. The minimum atomic E-state index is -0.0973. The highest BCUT2D eigenvalue weighted by molar-refractivity contribution is 7.16. The van der Waals surface area contributed by atoms with Crippen molar-refractivity contribution < 1.29 is 4.79 Å². The van der Waals surface area contributed by atoms with Crippen LogP contribution < -0.4 is 10.6 Å². The largest absolute Gasteiger partial charge is 0.322 e. The predicted octanol–water partition coefficient (Wildman–Crippen LogP) is 1.04. The van der Waals surface area contributed by atoms with E-state index < -0.39 is 0 Å². The van der Waals surface area contributed by atoms with Crippen molar-refractivity contribution in [1.29, 1.82) is 5.26 Å². The minimum absolute atomic E-state index is 0.0973. The van der Waals surface area contributed by atoms with Gasteiger partial charge in [-0.1, -0.05) is 0 Å². The summed E-state index contributed by atoms with van der Waals surface area (Å²) in [5.41, 5.74) is 1.78. The topological polar surface area (TPSA) is 71.4 Å². The number of amides is 2. The summed E-state index contributed by atoms with van der Waals surface area (Å²) < 4.78 is 0. The van der Waals surface area contributed by atoms with E-state index in [1.807, 2.05) is 0 Å². The number of anilines is 1. The first-order valence-electron chi connectivity index (χ1n) is 7.19. The summed E-state index contributed by atoms with van der Waals surface area (Å²) in [6.07, 6.45) is 0.884. The number of hydrogen-bond acceptors (Lipinski definition) is 5. The van der Waals surface area contributed by atoms with Gasteiger partial charge in [0.15, 0.2) is 0 Å². The lowest BCUT2D eigenvalue weighted by Crippen LogP contribution is -2.48. The number of rotatable bonds is 1. The van der Waals surface area contributed by atoms with E-state index in [0.717, 1.165) is 38.2 Å². The van der Waals surface area contributed by atoms with Gasteiger partial charge in [0.1, 0.15) is 11.1 Å². The van der Waals surface area contributed by atoms with Crippen molar-refractivity contribution in [1.82, 2.24) is 15.1 Å². The second-order valence-electron chi connectivity index (χ2n) is 5.47. The van der Waals surface area contributed by atoms with E-state index in [-0.39, 0.29) is 6.03 Å². The SMILES string of the molecule is CN1CCc2c(sc(NC(=O)N3CCNCC3)c2C#N)C1. The molecule has 2 aliphatic rings. The van der Waals surface area contributed by atoms with Gasteiger partial charge >= 0.3 is 6.03 Å². The normalized spacial score (nSPS) is 19.0. The monoisotopic (exact) mass is 305 g/mol. The first kappa shape index (κ1) is 14.3. The van der Waals surface area contributed by atoms with Crippen LogP contribution in [0.1, 0.15) is 16.0 Å². The van der Waals surface area contributed by atoms with Crippen molar-refractivity contribution in [3.05, 3.63) is 16.0 Å². The average molecular weight is 305 g/mol. The van der Waals surface area contributed by atoms with Crippen molar-refractivity contribution >= 4 is 22.4 Å². The Hall–Kier alpha value is -1.62. The summed E-state index contributed by atoms with van der Waals surface area (Å²) in [5.74, 6) is 0. The van der Waals surface area contributed by atoms with Crippen LogP contribution in [0.3, 0.4) is 0 Å². The quantitative estimate of drug-likeness (QED) is 0.813. The molecular weight excluding hydrogens is 286 g/mol. The molecule has 1 aromatic heterocycles. The Morgan fingerprint density at radius 2 is 2.14 bits per heavy atom. The van der Waals surface area contributed by atoms with Gasteiger partial charge in [0.2, 0.25) is 0 Å². The summed E-state index contributed by atoms with van der Waals surface area (Å²) in [4.78, 5) is 17.5. The second kappa shape index (κ2) is 6.02. The lowest BCUT2D eigenvalue weighted by Gasteiger charge is -2.27. The molecule has 0 spiro atoms. The molecular formula is C14H19N5OS. The average Bonchev–Trinajstić information content (AvgIpc) is 2.84. The van der Waals surface area contributed by atoms with Crippen LogP contribution in [0.15, 0.2) is 0 Å². The first-order valence-corrected chi connectivity index (χ1v) is 8.00. The summed E-state index contributed by atoms with van der Waals surface area (Å²) in [7, 11) is 2.08. The van der Waals surface area contributed by atoms with E-state index >= 15 is 0 Å². The van der Waals surface area contributed by atoms with Gasteiger partial charge in [-0.2, -0.15) is 5.26 Å². The van der Waals surface area contributed by atoms with Crippen LogP contribution in [0.25, 0.3) is 0 Å². The number of piperazine rings is 1. The number of carbonyl (C=O) groups is 1. The van der Waals surface area contributed by atoms with E-state index in [0.29, 0.717) is 23.7 Å². The second-order valence-corrected chi connectivity index (χ2v) is 6.58. The van der Waals surface area contributed by atoms with Crippen molar-refractivity contribution in [2.75, 3.05) is 45.1 Å². The molecule has 2 amide bonds. The molecule has 3 rings (SSSR count). The Labute approximate surface area is 128 Å². The number of nitrogens with one attached hydrogen (secondary N) is 2. The van der Waals surface area contributed by atoms with Crippen molar-refractivity contribution in [2.45, 2.75) is 13.0 Å². The molecule has 21 heavy (non-hydrogen) atoms. The van der Waals surface area contributed by atoms with E-state index in [4.69, 9.17) is 0 Å². The Morgan fingerprint density at radius 1 is 1.38 bits per heavy atom. The Balaban J connectivity index is 1.79. The van der Waals surface area contributed by atoms with E-state index in [1.165, 1.54) is 4.88 Å². The Kier molecular flexibility index (Phi) is 4.10. The zero-order valence-corrected chi connectivity index (χ0v) is 12.9. The Morgan fingerprint density at radius 3 is 2.86 bits per heavy atom. The summed E-state index contributed by atoms with van der Waals surface area (Å²) in [5, 5.41) is 16.3. The maximum Gasteiger partial charge on any atom is 0.322 e. The zero-order valence-electron chi connectivity index (χ0n) is 12.1. The molecule has 0 aromatic carbocycles. The fourth-order valence-corrected chi connectivity index (χ4v) is 4.05. The molecule has 1 saturated heterocycles. The molecule has 0 bridgehead atoms. The number of hydrogen-bond donors (Lipinski definition) is 2. The molecule has 7 heteroatoms. The number of urea groups is 1. The highest BCUT2D eigenvalue weighted by Gasteiger charge is 2.25. The molecule has 0 unspecified atom stereocenters. The van der Waals surface area contributed by atoms with Gasteiger partial charge in [-0.05, 0) is 19.0 Å². The molecule has 6 nitrogen and oxygen atoms in total. The smallest absolute Gasteiger partial charge is 0.322 e. The summed E-state index contributed by atoms with van der Waals surface area (Å²) in [6, 6.07) is 2.18. The van der Waals surface area contributed by atoms with Crippen LogP contribution >= 0.6 is 11.3 Å². The molecule has 2 aliphatic heterocycles. The third-order valence-electron chi connectivity index (χ3n) is 3.98. The summed E-state index contributed by atoms with van der Waals surface area (Å²) >= 11 is 1.54. The fourth-order valence-electron chi connectivity index (χ4n) is 2.78. The van der Waals surface area contributed by atoms with E-state index in [1.54, 1.807) is 16.2 Å². The van der Waals surface area contributed by atoms with Gasteiger partial charge in [-0.25, -0.2) is 4.79 Å². The van der Waals surface area contributed by atoms with Gasteiger partial charge < -0.3 is 15.1 Å². The molecule has 0 aliphatic carbocycles. The van der Waals surface area contributed by atoms with Gasteiger partial charge in [-0.15, -0.1) is 11.3 Å². The van der Waals surface area contributed by atoms with Crippen LogP contribution in [0.2, 0.25) is 0 Å². The third kappa shape index (κ3) is 2.88. The molecule has 1 aromatic rings. The van der Waals surface area contributed by atoms with Crippen LogP contribution in [0.4, 0.5) is 9.80 Å². The Bertz CT molecular complexity index is 585. The lowest BCUT2D eigenvalue weighted by molar-refractivity contribution is 0.204. The number of fused-ring (bicyclic) bond motifs is 1.